The Morgan fingerprint density at radius 1 is 1.15 bits per heavy atom. The van der Waals surface area contributed by atoms with Gasteiger partial charge in [-0.15, -0.1) is 11.8 Å². The van der Waals surface area contributed by atoms with E-state index in [0.717, 1.165) is 19.3 Å². The highest BCUT2D eigenvalue weighted by Crippen LogP contribution is 2.34. The molecular formula is C22H33NO3S. The van der Waals surface area contributed by atoms with Gasteiger partial charge in [0.15, 0.2) is 0 Å². The number of aryl methyl sites for hydroxylation is 1. The number of unbranched alkanes of at least 4 members (excludes halogenated alkanes) is 2. The maximum Gasteiger partial charge on any atom is 0.330 e. The molecule has 0 unspecified atom stereocenters. The molecule has 4 nitrogen and oxygen atoms in total. The zero-order valence-electron chi connectivity index (χ0n) is 17.1. The molecule has 0 spiro atoms. The lowest BCUT2D eigenvalue weighted by Gasteiger charge is -2.28. The van der Waals surface area contributed by atoms with E-state index in [0.29, 0.717) is 11.3 Å². The van der Waals surface area contributed by atoms with Crippen molar-refractivity contribution in [3.8, 4) is 0 Å². The van der Waals surface area contributed by atoms with Gasteiger partial charge < -0.3 is 9.64 Å². The Kier molecular flexibility index (Phi) is 8.68. The summed E-state index contributed by atoms with van der Waals surface area (Å²) in [5.74, 6) is 0.252. The third kappa shape index (κ3) is 6.00. The number of esters is 1. The largest absolute Gasteiger partial charge is 0.461 e. The second kappa shape index (κ2) is 10.7. The molecule has 1 aromatic carbocycles. The van der Waals surface area contributed by atoms with Crippen LogP contribution in [0.3, 0.4) is 0 Å². The van der Waals surface area contributed by atoms with Gasteiger partial charge in [-0.05, 0) is 50.8 Å². The van der Waals surface area contributed by atoms with Crippen molar-refractivity contribution < 1.29 is 14.3 Å². The number of amides is 1. The lowest BCUT2D eigenvalue weighted by Crippen LogP contribution is -2.46. The molecule has 1 aromatic rings. The van der Waals surface area contributed by atoms with Gasteiger partial charge in [0.25, 0.3) is 5.91 Å². The topological polar surface area (TPSA) is 46.6 Å². The fourth-order valence-corrected chi connectivity index (χ4v) is 4.85. The predicted molar refractivity (Wildman–Crippen MR) is 112 cm³/mol. The van der Waals surface area contributed by atoms with Crippen molar-refractivity contribution in [2.75, 3.05) is 5.75 Å². The Balaban J connectivity index is 2.14. The van der Waals surface area contributed by atoms with Gasteiger partial charge >= 0.3 is 5.97 Å². The number of carbonyl (C=O) groups is 2. The molecule has 1 saturated heterocycles. The van der Waals surface area contributed by atoms with Crippen LogP contribution in [-0.2, 0) is 16.0 Å². The Morgan fingerprint density at radius 3 is 2.44 bits per heavy atom. The lowest BCUT2D eigenvalue weighted by molar-refractivity contribution is -0.151. The van der Waals surface area contributed by atoms with Crippen LogP contribution in [0.15, 0.2) is 24.3 Å². The number of rotatable bonds is 9. The van der Waals surface area contributed by atoms with Gasteiger partial charge in [0.1, 0.15) is 6.04 Å². The first-order valence-electron chi connectivity index (χ1n) is 10.2. The highest BCUT2D eigenvalue weighted by Gasteiger charge is 2.42. The van der Waals surface area contributed by atoms with Gasteiger partial charge in [-0.2, -0.15) is 0 Å². The molecule has 1 heterocycles. The maximum atomic E-state index is 13.2. The number of hydrogen-bond donors (Lipinski definition) is 0. The van der Waals surface area contributed by atoms with Crippen LogP contribution in [0.25, 0.3) is 0 Å². The van der Waals surface area contributed by atoms with E-state index in [4.69, 9.17) is 4.74 Å². The lowest BCUT2D eigenvalue weighted by atomic mass is 10.0. The van der Waals surface area contributed by atoms with Crippen molar-refractivity contribution >= 4 is 23.6 Å². The quantitative estimate of drug-likeness (QED) is 0.436. The minimum absolute atomic E-state index is 0.0384. The highest BCUT2D eigenvalue weighted by atomic mass is 32.2. The smallest absolute Gasteiger partial charge is 0.330 e. The summed E-state index contributed by atoms with van der Waals surface area (Å²) in [4.78, 5) is 27.5. The van der Waals surface area contributed by atoms with Crippen LogP contribution < -0.4 is 0 Å². The SMILES string of the molecule is CCCCCc1ccc(C(=O)N2[C@H](CCC)SC[C@H]2C(=O)OC(C)C)cc1. The average Bonchev–Trinajstić information content (AvgIpc) is 3.05. The van der Waals surface area contributed by atoms with Crippen LogP contribution in [0.2, 0.25) is 0 Å². The summed E-state index contributed by atoms with van der Waals surface area (Å²) in [6.45, 7) is 7.98. The normalized spacial score (nSPS) is 19.5. The van der Waals surface area contributed by atoms with E-state index < -0.39 is 6.04 Å². The zero-order chi connectivity index (χ0) is 19.8. The minimum Gasteiger partial charge on any atom is -0.461 e. The highest BCUT2D eigenvalue weighted by molar-refractivity contribution is 8.00. The van der Waals surface area contributed by atoms with Crippen molar-refractivity contribution in [1.29, 1.82) is 0 Å². The number of carbonyl (C=O) groups excluding carboxylic acids is 2. The van der Waals surface area contributed by atoms with E-state index in [1.807, 2.05) is 38.1 Å². The van der Waals surface area contributed by atoms with E-state index in [1.165, 1.54) is 24.8 Å². The number of thioether (sulfide) groups is 1. The van der Waals surface area contributed by atoms with E-state index in [2.05, 4.69) is 13.8 Å². The summed E-state index contributed by atoms with van der Waals surface area (Å²) < 4.78 is 5.40. The predicted octanol–water partition coefficient (Wildman–Crippen LogP) is 5.05. The summed E-state index contributed by atoms with van der Waals surface area (Å²) >= 11 is 1.68. The van der Waals surface area contributed by atoms with Gasteiger partial charge in [0.05, 0.1) is 11.5 Å². The number of benzene rings is 1. The third-order valence-electron chi connectivity index (χ3n) is 4.76. The minimum atomic E-state index is -0.495. The van der Waals surface area contributed by atoms with Crippen LogP contribution in [0.4, 0.5) is 0 Å². The summed E-state index contributed by atoms with van der Waals surface area (Å²) in [7, 11) is 0. The third-order valence-corrected chi connectivity index (χ3v) is 6.11. The molecule has 27 heavy (non-hydrogen) atoms. The molecule has 1 fully saturated rings. The summed E-state index contributed by atoms with van der Waals surface area (Å²) in [5.41, 5.74) is 1.91. The van der Waals surface area contributed by atoms with Crippen LogP contribution in [-0.4, -0.2) is 40.0 Å². The number of ether oxygens (including phenoxy) is 1. The Labute approximate surface area is 168 Å². The van der Waals surface area contributed by atoms with Crippen LogP contribution in [0.1, 0.15) is 75.7 Å². The second-order valence-electron chi connectivity index (χ2n) is 7.44. The first kappa shape index (κ1) is 21.8. The molecule has 0 N–H and O–H groups in total. The summed E-state index contributed by atoms with van der Waals surface area (Å²) in [6.07, 6.45) is 6.34. The molecule has 0 saturated carbocycles. The monoisotopic (exact) mass is 391 g/mol. The van der Waals surface area contributed by atoms with Crippen LogP contribution in [0, 0.1) is 0 Å². The first-order valence-corrected chi connectivity index (χ1v) is 11.3. The molecule has 1 aliphatic rings. The van der Waals surface area contributed by atoms with Gasteiger partial charge in [-0.3, -0.25) is 4.79 Å². The Morgan fingerprint density at radius 2 is 1.85 bits per heavy atom. The molecular weight excluding hydrogens is 358 g/mol. The molecule has 2 atom stereocenters. The molecule has 1 aliphatic heterocycles. The Bertz CT molecular complexity index is 614. The fourth-order valence-electron chi connectivity index (χ4n) is 3.34. The van der Waals surface area contributed by atoms with E-state index in [9.17, 15) is 9.59 Å². The van der Waals surface area contributed by atoms with Crippen molar-refractivity contribution in [1.82, 2.24) is 4.90 Å². The Hall–Kier alpha value is -1.49. The van der Waals surface area contributed by atoms with Gasteiger partial charge in [-0.1, -0.05) is 45.2 Å². The summed E-state index contributed by atoms with van der Waals surface area (Å²) in [5, 5.41) is 0.0384. The van der Waals surface area contributed by atoms with Gasteiger partial charge in [-0.25, -0.2) is 4.79 Å². The van der Waals surface area contributed by atoms with Crippen molar-refractivity contribution in [2.24, 2.45) is 0 Å². The maximum absolute atomic E-state index is 13.2. The van der Waals surface area contributed by atoms with Gasteiger partial charge in [0.2, 0.25) is 0 Å². The molecule has 0 radical (unpaired) electrons. The van der Waals surface area contributed by atoms with Gasteiger partial charge in [0, 0.05) is 11.3 Å². The van der Waals surface area contributed by atoms with Crippen LogP contribution in [0.5, 0.6) is 0 Å². The molecule has 5 heteroatoms. The number of nitrogens with zero attached hydrogens (tertiary/aromatic N) is 1. The first-order chi connectivity index (χ1) is 13.0. The fraction of sp³-hybridized carbons (Fsp3) is 0.636. The molecule has 0 aliphatic carbocycles. The van der Waals surface area contributed by atoms with E-state index in [-0.39, 0.29) is 23.4 Å². The second-order valence-corrected chi connectivity index (χ2v) is 8.66. The number of hydrogen-bond acceptors (Lipinski definition) is 4. The average molecular weight is 392 g/mol. The molecule has 2 rings (SSSR count). The van der Waals surface area contributed by atoms with Crippen molar-refractivity contribution in [3.63, 3.8) is 0 Å². The van der Waals surface area contributed by atoms with Crippen molar-refractivity contribution in [2.45, 2.75) is 83.7 Å². The molecule has 0 aromatic heterocycles. The zero-order valence-corrected chi connectivity index (χ0v) is 17.9. The van der Waals surface area contributed by atoms with Crippen molar-refractivity contribution in [3.05, 3.63) is 35.4 Å². The summed E-state index contributed by atoms with van der Waals surface area (Å²) in [6, 6.07) is 7.40. The molecule has 150 valence electrons. The molecule has 0 bridgehead atoms. The van der Waals surface area contributed by atoms with E-state index in [1.54, 1.807) is 16.7 Å². The standard InChI is InChI=1S/C22H33NO3S/c1-5-7-8-10-17-11-13-18(14-12-17)21(24)23-19(22(25)26-16(3)4)15-27-20(23)9-6-2/h11-14,16,19-20H,5-10,15H2,1-4H3/t19-,20-/m0/s1. The molecule has 1 amide bonds. The van der Waals surface area contributed by atoms with Crippen LogP contribution >= 0.6 is 11.8 Å². The van der Waals surface area contributed by atoms with E-state index >= 15 is 0 Å².